The van der Waals surface area contributed by atoms with Gasteiger partial charge in [0.05, 0.1) is 5.60 Å². The summed E-state index contributed by atoms with van der Waals surface area (Å²) in [5.41, 5.74) is -0.674. The van der Waals surface area contributed by atoms with Crippen LogP contribution < -0.4 is 0 Å². The lowest BCUT2D eigenvalue weighted by Gasteiger charge is -2.28. The summed E-state index contributed by atoms with van der Waals surface area (Å²) in [6.45, 7) is 4.98. The molecule has 2 rings (SSSR count). The largest absolute Gasteiger partial charge is 0.385 e. The monoisotopic (exact) mass is 285 g/mol. The molecule has 1 heterocycles. The minimum Gasteiger partial charge on any atom is -0.385 e. The quantitative estimate of drug-likeness (QED) is 0.918. The molecule has 0 aromatic heterocycles. The van der Waals surface area contributed by atoms with Crippen molar-refractivity contribution >= 4 is 11.6 Å². The van der Waals surface area contributed by atoms with E-state index in [2.05, 4.69) is 11.8 Å². The Morgan fingerprint density at radius 3 is 2.84 bits per heavy atom. The van der Waals surface area contributed by atoms with Gasteiger partial charge in [-0.15, -0.1) is 0 Å². The molecule has 0 aliphatic carbocycles. The van der Waals surface area contributed by atoms with Gasteiger partial charge in [0.2, 0.25) is 0 Å². The van der Waals surface area contributed by atoms with Crippen molar-refractivity contribution in [2.24, 2.45) is 0 Å². The Balaban J connectivity index is 2.17. The van der Waals surface area contributed by atoms with E-state index in [9.17, 15) is 9.50 Å². The molecule has 1 fully saturated rings. The Hall–Kier alpha value is -0.640. The van der Waals surface area contributed by atoms with Crippen LogP contribution in [0.4, 0.5) is 4.39 Å². The number of hydrogen-bond donors (Lipinski definition) is 1. The molecule has 0 spiro atoms. The van der Waals surface area contributed by atoms with Crippen molar-refractivity contribution in [2.45, 2.75) is 38.2 Å². The van der Waals surface area contributed by atoms with Gasteiger partial charge >= 0.3 is 0 Å². The Labute approximate surface area is 119 Å². The fourth-order valence-electron chi connectivity index (χ4n) is 2.85. The zero-order valence-corrected chi connectivity index (χ0v) is 12.1. The zero-order valence-electron chi connectivity index (χ0n) is 11.3. The molecule has 0 saturated carbocycles. The van der Waals surface area contributed by atoms with Crippen molar-refractivity contribution in [1.82, 2.24) is 4.90 Å². The summed E-state index contributed by atoms with van der Waals surface area (Å²) < 4.78 is 14.0. The van der Waals surface area contributed by atoms with Gasteiger partial charge in [0.25, 0.3) is 0 Å². The van der Waals surface area contributed by atoms with Gasteiger partial charge in [-0.1, -0.05) is 24.6 Å². The first-order valence-electron chi connectivity index (χ1n) is 6.95. The summed E-state index contributed by atoms with van der Waals surface area (Å²) in [5, 5.41) is 11.1. The highest BCUT2D eigenvalue weighted by atomic mass is 35.5. The first-order valence-corrected chi connectivity index (χ1v) is 7.33. The van der Waals surface area contributed by atoms with Gasteiger partial charge in [-0.25, -0.2) is 4.39 Å². The molecule has 1 aliphatic rings. The van der Waals surface area contributed by atoms with E-state index in [0.29, 0.717) is 23.4 Å². The Bertz CT molecular complexity index is 440. The maximum absolute atomic E-state index is 14.0. The number of nitrogens with zero attached hydrogens (tertiary/aromatic N) is 1. The lowest BCUT2D eigenvalue weighted by atomic mass is 9.86. The number of likely N-dealkylation sites (tertiary alicyclic amines) is 1. The van der Waals surface area contributed by atoms with Gasteiger partial charge in [0.1, 0.15) is 5.82 Å². The normalized spacial score (nSPS) is 25.3. The number of benzene rings is 1. The van der Waals surface area contributed by atoms with Crippen molar-refractivity contribution in [1.29, 1.82) is 0 Å². The van der Waals surface area contributed by atoms with Crippen molar-refractivity contribution < 1.29 is 9.50 Å². The molecule has 1 saturated heterocycles. The molecule has 0 amide bonds. The van der Waals surface area contributed by atoms with Crippen molar-refractivity contribution in [3.63, 3.8) is 0 Å². The summed E-state index contributed by atoms with van der Waals surface area (Å²) >= 11 is 5.77. The lowest BCUT2D eigenvalue weighted by molar-refractivity contribution is 0.0178. The van der Waals surface area contributed by atoms with Crippen LogP contribution in [0.5, 0.6) is 0 Å². The average molecular weight is 286 g/mol. The van der Waals surface area contributed by atoms with Crippen LogP contribution >= 0.6 is 11.6 Å². The predicted molar refractivity (Wildman–Crippen MR) is 75.9 cm³/mol. The van der Waals surface area contributed by atoms with Gasteiger partial charge in [0, 0.05) is 17.1 Å². The molecule has 1 aliphatic heterocycles. The molecular formula is C15H21ClFNO. The maximum Gasteiger partial charge on any atom is 0.130 e. The fraction of sp³-hybridized carbons (Fsp3) is 0.600. The second kappa shape index (κ2) is 6.21. The van der Waals surface area contributed by atoms with Gasteiger partial charge in [-0.05, 0) is 50.9 Å². The number of aliphatic hydroxyl groups is 1. The summed E-state index contributed by atoms with van der Waals surface area (Å²) in [7, 11) is 0. The van der Waals surface area contributed by atoms with Gasteiger partial charge in [0.15, 0.2) is 0 Å². The van der Waals surface area contributed by atoms with Crippen LogP contribution in [0, 0.1) is 5.82 Å². The Kier molecular flexibility index (Phi) is 4.82. The van der Waals surface area contributed by atoms with Crippen molar-refractivity contribution in [3.8, 4) is 0 Å². The van der Waals surface area contributed by atoms with Crippen molar-refractivity contribution in [2.75, 3.05) is 19.6 Å². The number of halogens is 2. The highest BCUT2D eigenvalue weighted by molar-refractivity contribution is 6.30. The Morgan fingerprint density at radius 2 is 2.16 bits per heavy atom. The third-order valence-corrected chi connectivity index (χ3v) is 4.11. The van der Waals surface area contributed by atoms with E-state index >= 15 is 0 Å². The zero-order chi connectivity index (χ0) is 13.9. The number of rotatable bonds is 3. The van der Waals surface area contributed by atoms with Crippen LogP contribution in [0.15, 0.2) is 18.2 Å². The molecule has 1 aromatic rings. The summed E-state index contributed by atoms with van der Waals surface area (Å²) in [6, 6.07) is 4.54. The third-order valence-electron chi connectivity index (χ3n) is 3.88. The van der Waals surface area contributed by atoms with Crippen LogP contribution in [-0.4, -0.2) is 29.6 Å². The standard InChI is InChI=1S/C15H21ClFNO/c1-2-8-18-9-3-6-15(19,7-10-18)13-5-4-12(16)11-14(13)17/h4-5,11,19H,2-3,6-10H2,1H3. The lowest BCUT2D eigenvalue weighted by Crippen LogP contribution is -2.30. The molecule has 19 heavy (non-hydrogen) atoms. The minimum atomic E-state index is -1.06. The van der Waals surface area contributed by atoms with E-state index in [-0.39, 0.29) is 0 Å². The molecule has 0 radical (unpaired) electrons. The van der Waals surface area contributed by atoms with Gasteiger partial charge in [-0.2, -0.15) is 0 Å². The van der Waals surface area contributed by atoms with Crippen LogP contribution in [0.25, 0.3) is 0 Å². The molecule has 1 atom stereocenters. The second-order valence-electron chi connectivity index (χ2n) is 5.35. The molecule has 0 bridgehead atoms. The first-order chi connectivity index (χ1) is 9.05. The summed E-state index contributed by atoms with van der Waals surface area (Å²) in [6.07, 6.45) is 3.17. The van der Waals surface area contributed by atoms with Crippen LogP contribution in [0.1, 0.15) is 38.2 Å². The third kappa shape index (κ3) is 3.47. The molecule has 1 N–H and O–H groups in total. The summed E-state index contributed by atoms with van der Waals surface area (Å²) in [5.74, 6) is -0.404. The SMILES string of the molecule is CCCN1CCCC(O)(c2ccc(Cl)cc2F)CC1. The van der Waals surface area contributed by atoms with Gasteiger partial charge < -0.3 is 10.0 Å². The number of hydrogen-bond acceptors (Lipinski definition) is 2. The van der Waals surface area contributed by atoms with E-state index < -0.39 is 11.4 Å². The minimum absolute atomic E-state index is 0.367. The Morgan fingerprint density at radius 1 is 1.37 bits per heavy atom. The van der Waals surface area contributed by atoms with Crippen molar-refractivity contribution in [3.05, 3.63) is 34.6 Å². The fourth-order valence-corrected chi connectivity index (χ4v) is 3.01. The van der Waals surface area contributed by atoms with Crippen LogP contribution in [-0.2, 0) is 5.60 Å². The van der Waals surface area contributed by atoms with E-state index in [1.807, 2.05) is 0 Å². The predicted octanol–water partition coefficient (Wildman–Crippen LogP) is 3.56. The van der Waals surface area contributed by atoms with E-state index in [4.69, 9.17) is 11.6 Å². The summed E-state index contributed by atoms with van der Waals surface area (Å²) in [4.78, 5) is 2.34. The average Bonchev–Trinajstić information content (AvgIpc) is 2.53. The molecule has 4 heteroatoms. The molecule has 1 unspecified atom stereocenters. The van der Waals surface area contributed by atoms with Crippen LogP contribution in [0.3, 0.4) is 0 Å². The second-order valence-corrected chi connectivity index (χ2v) is 5.79. The molecular weight excluding hydrogens is 265 g/mol. The van der Waals surface area contributed by atoms with E-state index in [0.717, 1.165) is 32.5 Å². The maximum atomic E-state index is 14.0. The molecule has 2 nitrogen and oxygen atoms in total. The van der Waals surface area contributed by atoms with E-state index in [1.54, 1.807) is 12.1 Å². The topological polar surface area (TPSA) is 23.5 Å². The molecule has 1 aromatic carbocycles. The van der Waals surface area contributed by atoms with Crippen LogP contribution in [0.2, 0.25) is 5.02 Å². The highest BCUT2D eigenvalue weighted by Gasteiger charge is 2.34. The van der Waals surface area contributed by atoms with E-state index in [1.165, 1.54) is 6.07 Å². The molecule has 106 valence electrons. The first kappa shape index (κ1) is 14.8. The highest BCUT2D eigenvalue weighted by Crippen LogP contribution is 2.35. The van der Waals surface area contributed by atoms with Gasteiger partial charge in [-0.3, -0.25) is 0 Å². The smallest absolute Gasteiger partial charge is 0.130 e.